The molecular formula is C21H35N5O. The van der Waals surface area contributed by atoms with Gasteiger partial charge in [-0.15, -0.1) is 0 Å². The van der Waals surface area contributed by atoms with Gasteiger partial charge in [-0.2, -0.15) is 0 Å². The van der Waals surface area contributed by atoms with E-state index in [1.165, 1.54) is 5.56 Å². The summed E-state index contributed by atoms with van der Waals surface area (Å²) in [6.45, 7) is 5.93. The Morgan fingerprint density at radius 2 is 2.15 bits per heavy atom. The van der Waals surface area contributed by atoms with E-state index in [4.69, 9.17) is 5.73 Å². The molecule has 6 nitrogen and oxygen atoms in total. The lowest BCUT2D eigenvalue weighted by Gasteiger charge is -2.35. The third kappa shape index (κ3) is 7.21. The lowest BCUT2D eigenvalue weighted by Crippen LogP contribution is -2.48. The van der Waals surface area contributed by atoms with Gasteiger partial charge in [-0.05, 0) is 44.7 Å². The average Bonchev–Trinajstić information content (AvgIpc) is 2.65. The Labute approximate surface area is 163 Å². The van der Waals surface area contributed by atoms with Gasteiger partial charge in [0, 0.05) is 45.7 Å². The van der Waals surface area contributed by atoms with Gasteiger partial charge in [0.15, 0.2) is 5.96 Å². The molecule has 0 aromatic heterocycles. The molecule has 2 atom stereocenters. The Bertz CT molecular complexity index is 604. The third-order valence-electron chi connectivity index (χ3n) is 5.39. The van der Waals surface area contributed by atoms with Crippen LogP contribution in [0.3, 0.4) is 0 Å². The summed E-state index contributed by atoms with van der Waals surface area (Å²) in [4.78, 5) is 20.3. The number of nitrogens with two attached hydrogens (primary N) is 1. The summed E-state index contributed by atoms with van der Waals surface area (Å²) in [6.07, 6.45) is 3.66. The molecule has 0 bridgehead atoms. The van der Waals surface area contributed by atoms with Crippen molar-refractivity contribution < 1.29 is 4.79 Å². The molecule has 0 aliphatic carbocycles. The molecule has 1 aromatic rings. The first-order valence-corrected chi connectivity index (χ1v) is 9.97. The van der Waals surface area contributed by atoms with Crippen molar-refractivity contribution in [3.8, 4) is 0 Å². The Hall–Kier alpha value is -2.08. The molecule has 27 heavy (non-hydrogen) atoms. The number of aliphatic imine (C=N–C) groups is 1. The monoisotopic (exact) mass is 373 g/mol. The van der Waals surface area contributed by atoms with Gasteiger partial charge in [-0.1, -0.05) is 30.3 Å². The second-order valence-electron chi connectivity index (χ2n) is 7.64. The van der Waals surface area contributed by atoms with Gasteiger partial charge in [0.1, 0.15) is 0 Å². The van der Waals surface area contributed by atoms with Crippen LogP contribution in [0.2, 0.25) is 0 Å². The summed E-state index contributed by atoms with van der Waals surface area (Å²) in [7, 11) is 4.00. The summed E-state index contributed by atoms with van der Waals surface area (Å²) in [5.41, 5.74) is 6.70. The van der Waals surface area contributed by atoms with E-state index in [0.29, 0.717) is 18.4 Å². The number of nitrogens with one attached hydrogen (secondary N) is 1. The van der Waals surface area contributed by atoms with E-state index < -0.39 is 0 Å². The number of hydrogen-bond acceptors (Lipinski definition) is 3. The van der Waals surface area contributed by atoms with Crippen molar-refractivity contribution in [1.82, 2.24) is 15.1 Å². The maximum atomic E-state index is 11.2. The second kappa shape index (κ2) is 10.9. The zero-order valence-corrected chi connectivity index (χ0v) is 17.0. The van der Waals surface area contributed by atoms with E-state index in [0.717, 1.165) is 51.4 Å². The van der Waals surface area contributed by atoms with Gasteiger partial charge < -0.3 is 16.0 Å². The molecule has 1 amide bonds. The van der Waals surface area contributed by atoms with Crippen LogP contribution in [-0.4, -0.2) is 61.4 Å². The van der Waals surface area contributed by atoms with Crippen LogP contribution in [0, 0.1) is 5.92 Å². The quantitative estimate of drug-likeness (QED) is 0.540. The highest BCUT2D eigenvalue weighted by Gasteiger charge is 2.23. The number of guanidine groups is 1. The number of rotatable bonds is 8. The van der Waals surface area contributed by atoms with Crippen molar-refractivity contribution in [2.24, 2.45) is 16.6 Å². The fourth-order valence-corrected chi connectivity index (χ4v) is 3.68. The van der Waals surface area contributed by atoms with E-state index in [2.05, 4.69) is 64.4 Å². The summed E-state index contributed by atoms with van der Waals surface area (Å²) < 4.78 is 0. The van der Waals surface area contributed by atoms with Crippen molar-refractivity contribution >= 4 is 11.9 Å². The van der Waals surface area contributed by atoms with E-state index in [-0.39, 0.29) is 5.91 Å². The van der Waals surface area contributed by atoms with E-state index >= 15 is 0 Å². The number of carbonyl (C=O) groups is 1. The van der Waals surface area contributed by atoms with E-state index in [1.807, 2.05) is 7.05 Å². The van der Waals surface area contributed by atoms with Crippen LogP contribution in [0.15, 0.2) is 35.3 Å². The SMILES string of the molecule is CN=C(NCCC(C)N(C)Cc1ccccc1)N1CCCC(CC(N)=O)C1. The van der Waals surface area contributed by atoms with Gasteiger partial charge in [0.2, 0.25) is 5.91 Å². The minimum atomic E-state index is -0.208. The van der Waals surface area contributed by atoms with Gasteiger partial charge in [-0.25, -0.2) is 0 Å². The molecule has 1 heterocycles. The zero-order valence-electron chi connectivity index (χ0n) is 17.0. The summed E-state index contributed by atoms with van der Waals surface area (Å²) >= 11 is 0. The Kier molecular flexibility index (Phi) is 8.58. The van der Waals surface area contributed by atoms with E-state index in [1.54, 1.807) is 0 Å². The molecule has 0 radical (unpaired) electrons. The molecule has 1 aliphatic heterocycles. The predicted octanol–water partition coefficient (Wildman–Crippen LogP) is 2.06. The standard InChI is InChI=1S/C21H35N5O/c1-17(25(3)15-18-8-5-4-6-9-18)11-12-24-21(23-2)26-13-7-10-19(16-26)14-20(22)27/h4-6,8-9,17,19H,7,10-16H2,1-3H3,(H2,22,27)(H,23,24). The van der Waals surface area contributed by atoms with Crippen LogP contribution in [0.4, 0.5) is 0 Å². The van der Waals surface area contributed by atoms with Gasteiger partial charge in [0.25, 0.3) is 0 Å². The molecule has 150 valence electrons. The highest BCUT2D eigenvalue weighted by Crippen LogP contribution is 2.19. The molecule has 0 saturated carbocycles. The molecule has 6 heteroatoms. The smallest absolute Gasteiger partial charge is 0.217 e. The topological polar surface area (TPSA) is 74.0 Å². The second-order valence-corrected chi connectivity index (χ2v) is 7.64. The molecule has 3 N–H and O–H groups in total. The van der Waals surface area contributed by atoms with Crippen LogP contribution in [0.25, 0.3) is 0 Å². The highest BCUT2D eigenvalue weighted by atomic mass is 16.1. The normalized spacial score (nSPS) is 19.2. The number of carbonyl (C=O) groups excluding carboxylic acids is 1. The van der Waals surface area contributed by atoms with Crippen molar-refractivity contribution in [1.29, 1.82) is 0 Å². The van der Waals surface area contributed by atoms with Crippen molar-refractivity contribution in [2.75, 3.05) is 33.7 Å². The molecule has 2 unspecified atom stereocenters. The molecule has 1 aromatic carbocycles. The summed E-state index contributed by atoms with van der Waals surface area (Å²) in [6, 6.07) is 11.0. The van der Waals surface area contributed by atoms with Crippen LogP contribution in [0.1, 0.15) is 38.2 Å². The molecule has 1 saturated heterocycles. The number of likely N-dealkylation sites (tertiary alicyclic amines) is 1. The lowest BCUT2D eigenvalue weighted by atomic mass is 9.95. The zero-order chi connectivity index (χ0) is 19.6. The number of primary amides is 1. The van der Waals surface area contributed by atoms with Crippen molar-refractivity contribution in [3.63, 3.8) is 0 Å². The number of amides is 1. The van der Waals surface area contributed by atoms with Crippen LogP contribution >= 0.6 is 0 Å². The average molecular weight is 374 g/mol. The number of piperidine rings is 1. The van der Waals surface area contributed by atoms with Crippen LogP contribution in [0.5, 0.6) is 0 Å². The van der Waals surface area contributed by atoms with Gasteiger partial charge in [-0.3, -0.25) is 14.7 Å². The predicted molar refractivity (Wildman–Crippen MR) is 111 cm³/mol. The van der Waals surface area contributed by atoms with Crippen LogP contribution in [-0.2, 0) is 11.3 Å². The minimum absolute atomic E-state index is 0.208. The molecule has 2 rings (SSSR count). The number of benzene rings is 1. The van der Waals surface area contributed by atoms with Crippen LogP contribution < -0.4 is 11.1 Å². The summed E-state index contributed by atoms with van der Waals surface area (Å²) in [5.74, 6) is 1.06. The Balaban J connectivity index is 1.76. The fourth-order valence-electron chi connectivity index (χ4n) is 3.68. The Morgan fingerprint density at radius 1 is 1.41 bits per heavy atom. The molecule has 1 fully saturated rings. The van der Waals surface area contributed by atoms with Gasteiger partial charge >= 0.3 is 0 Å². The lowest BCUT2D eigenvalue weighted by molar-refractivity contribution is -0.119. The molecule has 1 aliphatic rings. The van der Waals surface area contributed by atoms with Crippen molar-refractivity contribution in [2.45, 2.75) is 45.2 Å². The number of nitrogens with zero attached hydrogens (tertiary/aromatic N) is 3. The third-order valence-corrected chi connectivity index (χ3v) is 5.39. The number of hydrogen-bond donors (Lipinski definition) is 2. The largest absolute Gasteiger partial charge is 0.370 e. The first-order chi connectivity index (χ1) is 13.0. The minimum Gasteiger partial charge on any atom is -0.370 e. The summed E-state index contributed by atoms with van der Waals surface area (Å²) in [5, 5.41) is 3.50. The molecule has 0 spiro atoms. The van der Waals surface area contributed by atoms with Crippen molar-refractivity contribution in [3.05, 3.63) is 35.9 Å². The maximum Gasteiger partial charge on any atom is 0.217 e. The van der Waals surface area contributed by atoms with E-state index in [9.17, 15) is 4.79 Å². The first-order valence-electron chi connectivity index (χ1n) is 9.97. The molecular weight excluding hydrogens is 338 g/mol. The first kappa shape index (κ1) is 21.2. The fraction of sp³-hybridized carbons (Fsp3) is 0.619. The highest BCUT2D eigenvalue weighted by molar-refractivity contribution is 5.80. The maximum absolute atomic E-state index is 11.2. The Morgan fingerprint density at radius 3 is 2.81 bits per heavy atom. The van der Waals surface area contributed by atoms with Gasteiger partial charge in [0.05, 0.1) is 0 Å².